The molecule has 0 aliphatic heterocycles. The van der Waals surface area contributed by atoms with Crippen LogP contribution in [-0.4, -0.2) is 14.4 Å². The molecule has 0 heterocycles. The highest BCUT2D eigenvalue weighted by molar-refractivity contribution is 6.89. The van der Waals surface area contributed by atoms with Crippen LogP contribution in [0.3, 0.4) is 0 Å². The fourth-order valence-electron chi connectivity index (χ4n) is 3.27. The Bertz CT molecular complexity index is 458. The molecule has 0 spiro atoms. The second kappa shape index (κ2) is 5.48. The molecule has 0 amide bonds. The van der Waals surface area contributed by atoms with E-state index >= 15 is 0 Å². The van der Waals surface area contributed by atoms with Crippen molar-refractivity contribution in [3.05, 3.63) is 30.3 Å². The minimum Gasteiger partial charge on any atom is -0.303 e. The second-order valence-electron chi connectivity index (χ2n) is 8.03. The van der Waals surface area contributed by atoms with Gasteiger partial charge in [-0.3, -0.25) is 0 Å². The highest BCUT2D eigenvalue weighted by atomic mass is 28.3. The monoisotopic (exact) mass is 288 g/mol. The van der Waals surface area contributed by atoms with Gasteiger partial charge in [0, 0.05) is 5.41 Å². The third kappa shape index (κ3) is 3.82. The van der Waals surface area contributed by atoms with Crippen molar-refractivity contribution in [3.8, 4) is 0 Å². The van der Waals surface area contributed by atoms with Crippen molar-refractivity contribution < 1.29 is 4.79 Å². The maximum absolute atomic E-state index is 11.1. The van der Waals surface area contributed by atoms with E-state index in [1.807, 2.05) is 0 Å². The van der Waals surface area contributed by atoms with Crippen molar-refractivity contribution in [1.82, 2.24) is 0 Å². The molecule has 1 aliphatic carbocycles. The van der Waals surface area contributed by atoms with Crippen LogP contribution in [0.15, 0.2) is 30.3 Å². The normalized spacial score (nSPS) is 17.8. The largest absolute Gasteiger partial charge is 0.303 e. The van der Waals surface area contributed by atoms with Gasteiger partial charge in [-0.25, -0.2) is 0 Å². The summed E-state index contributed by atoms with van der Waals surface area (Å²) in [5, 5.41) is 1.57. The Morgan fingerprint density at radius 2 is 1.80 bits per heavy atom. The van der Waals surface area contributed by atoms with Gasteiger partial charge < -0.3 is 4.79 Å². The van der Waals surface area contributed by atoms with Crippen molar-refractivity contribution in [2.45, 2.75) is 58.7 Å². The van der Waals surface area contributed by atoms with Gasteiger partial charge in [-0.15, -0.1) is 0 Å². The molecule has 1 aliphatic rings. The summed E-state index contributed by atoms with van der Waals surface area (Å²) in [6.07, 6.45) is 6.12. The molecule has 0 N–H and O–H groups in total. The van der Waals surface area contributed by atoms with Crippen LogP contribution >= 0.6 is 0 Å². The first-order chi connectivity index (χ1) is 9.29. The minimum absolute atomic E-state index is 0.145. The van der Waals surface area contributed by atoms with Gasteiger partial charge in [0.05, 0.1) is 8.07 Å². The average molecular weight is 289 g/mol. The molecule has 1 saturated carbocycles. The maximum Gasteiger partial charge on any atom is 0.125 e. The van der Waals surface area contributed by atoms with Crippen molar-refractivity contribution in [3.63, 3.8) is 0 Å². The molecule has 20 heavy (non-hydrogen) atoms. The van der Waals surface area contributed by atoms with Crippen molar-refractivity contribution in [2.24, 2.45) is 10.8 Å². The van der Waals surface area contributed by atoms with Crippen LogP contribution < -0.4 is 5.19 Å². The van der Waals surface area contributed by atoms with Gasteiger partial charge >= 0.3 is 0 Å². The van der Waals surface area contributed by atoms with Gasteiger partial charge in [0.2, 0.25) is 0 Å². The lowest BCUT2D eigenvalue weighted by Gasteiger charge is -2.30. The average Bonchev–Trinajstić information content (AvgIpc) is 3.17. The molecule has 2 heteroatoms. The van der Waals surface area contributed by atoms with Crippen LogP contribution in [0.25, 0.3) is 0 Å². The number of aldehydes is 1. The summed E-state index contributed by atoms with van der Waals surface area (Å²) in [6.45, 7) is 9.12. The summed E-state index contributed by atoms with van der Waals surface area (Å²) in [7, 11) is -1.35. The topological polar surface area (TPSA) is 17.1 Å². The lowest BCUT2D eigenvalue weighted by Crippen LogP contribution is -2.43. The Balaban J connectivity index is 2.00. The van der Waals surface area contributed by atoms with Gasteiger partial charge in [-0.05, 0) is 37.1 Å². The van der Waals surface area contributed by atoms with E-state index in [2.05, 4.69) is 57.3 Å². The zero-order chi connectivity index (χ0) is 14.9. The van der Waals surface area contributed by atoms with Crippen molar-refractivity contribution in [2.75, 3.05) is 0 Å². The van der Waals surface area contributed by atoms with E-state index in [0.29, 0.717) is 5.41 Å². The molecule has 1 fully saturated rings. The van der Waals surface area contributed by atoms with Crippen LogP contribution in [0, 0.1) is 10.8 Å². The molecule has 1 aromatic rings. The Hall–Kier alpha value is -0.893. The van der Waals surface area contributed by atoms with Gasteiger partial charge in [-0.1, -0.05) is 62.5 Å². The molecular weight excluding hydrogens is 260 g/mol. The fraction of sp³-hybridized carbons (Fsp3) is 0.611. The van der Waals surface area contributed by atoms with Crippen LogP contribution in [0.4, 0.5) is 0 Å². The number of benzene rings is 1. The highest BCUT2D eigenvalue weighted by Crippen LogP contribution is 2.56. The number of rotatable bonds is 7. The van der Waals surface area contributed by atoms with E-state index in [4.69, 9.17) is 0 Å². The van der Waals surface area contributed by atoms with E-state index in [9.17, 15) is 4.79 Å². The standard InChI is InChI=1S/C18H28OSi/c1-17(2,14-19)10-11-18(12-13-18)15-20(3,4)16-8-6-5-7-9-16/h5-9,14H,10-13,15H2,1-4H3. The predicted molar refractivity (Wildman–Crippen MR) is 89.1 cm³/mol. The maximum atomic E-state index is 11.1. The minimum atomic E-state index is -1.35. The van der Waals surface area contributed by atoms with E-state index in [1.54, 1.807) is 5.19 Å². The third-order valence-corrected chi connectivity index (χ3v) is 8.48. The third-order valence-electron chi connectivity index (χ3n) is 4.95. The zero-order valence-corrected chi connectivity index (χ0v) is 14.4. The first-order valence-corrected chi connectivity index (χ1v) is 11.0. The van der Waals surface area contributed by atoms with Crippen LogP contribution in [0.5, 0.6) is 0 Å². The number of hydrogen-bond acceptors (Lipinski definition) is 1. The molecule has 110 valence electrons. The lowest BCUT2D eigenvalue weighted by atomic mass is 9.85. The second-order valence-corrected chi connectivity index (χ2v) is 12.7. The Morgan fingerprint density at radius 3 is 2.30 bits per heavy atom. The summed E-state index contributed by atoms with van der Waals surface area (Å²) in [4.78, 5) is 11.1. The molecule has 0 bridgehead atoms. The highest BCUT2D eigenvalue weighted by Gasteiger charge is 2.47. The van der Waals surface area contributed by atoms with Gasteiger partial charge in [-0.2, -0.15) is 0 Å². The number of carbonyl (C=O) groups excluding carboxylic acids is 1. The number of carbonyl (C=O) groups is 1. The van der Waals surface area contributed by atoms with Crippen molar-refractivity contribution in [1.29, 1.82) is 0 Å². The lowest BCUT2D eigenvalue weighted by molar-refractivity contribution is -0.115. The van der Waals surface area contributed by atoms with E-state index in [1.165, 1.54) is 25.3 Å². The zero-order valence-electron chi connectivity index (χ0n) is 13.4. The summed E-state index contributed by atoms with van der Waals surface area (Å²) < 4.78 is 0. The molecule has 0 radical (unpaired) electrons. The molecule has 1 nitrogen and oxygen atoms in total. The first-order valence-electron chi connectivity index (χ1n) is 7.81. The van der Waals surface area contributed by atoms with Crippen molar-refractivity contribution >= 4 is 19.5 Å². The predicted octanol–water partition coefficient (Wildman–Crippen LogP) is 4.39. The summed E-state index contributed by atoms with van der Waals surface area (Å²) in [5.41, 5.74) is 0.403. The van der Waals surface area contributed by atoms with E-state index in [-0.39, 0.29) is 5.41 Å². The summed E-state index contributed by atoms with van der Waals surface area (Å²) in [5.74, 6) is 0. The van der Waals surface area contributed by atoms with Crippen LogP contribution in [0.1, 0.15) is 39.5 Å². The smallest absolute Gasteiger partial charge is 0.125 e. The summed E-state index contributed by atoms with van der Waals surface area (Å²) in [6, 6.07) is 12.4. The van der Waals surface area contributed by atoms with Crippen LogP contribution in [0.2, 0.25) is 19.1 Å². The summed E-state index contributed by atoms with van der Waals surface area (Å²) >= 11 is 0. The van der Waals surface area contributed by atoms with E-state index < -0.39 is 8.07 Å². The molecule has 0 aromatic heterocycles. The van der Waals surface area contributed by atoms with Gasteiger partial charge in [0.25, 0.3) is 0 Å². The first kappa shape index (κ1) is 15.5. The van der Waals surface area contributed by atoms with E-state index in [0.717, 1.165) is 12.7 Å². The SMILES string of the molecule is CC(C)(C=O)CCC1(C[Si](C)(C)c2ccccc2)CC1. The number of hydrogen-bond donors (Lipinski definition) is 0. The molecular formula is C18H28OSi. The molecule has 1 aromatic carbocycles. The Labute approximate surface area is 124 Å². The quantitative estimate of drug-likeness (QED) is 0.537. The van der Waals surface area contributed by atoms with Gasteiger partial charge in [0.1, 0.15) is 6.29 Å². The Morgan fingerprint density at radius 1 is 1.20 bits per heavy atom. The fourth-order valence-corrected chi connectivity index (χ4v) is 6.97. The molecule has 0 atom stereocenters. The van der Waals surface area contributed by atoms with Crippen LogP contribution in [-0.2, 0) is 4.79 Å². The molecule has 0 unspecified atom stereocenters. The molecule has 0 saturated heterocycles. The van der Waals surface area contributed by atoms with Gasteiger partial charge in [0.15, 0.2) is 0 Å². The Kier molecular flexibility index (Phi) is 4.24. The molecule has 2 rings (SSSR count).